The molecule has 4 saturated carbocycles. The number of hydrogen-bond donors (Lipinski definition) is 0. The molecule has 1 heterocycles. The minimum atomic E-state index is -1.29. The number of Topliss-reactive ketones (excluding diaryl/α,β-unsaturated/α-hetero) is 2. The van der Waals surface area contributed by atoms with E-state index in [9.17, 15) is 14.0 Å². The Morgan fingerprint density at radius 2 is 1.96 bits per heavy atom. The van der Waals surface area contributed by atoms with Crippen LogP contribution in [0.1, 0.15) is 39.5 Å². The summed E-state index contributed by atoms with van der Waals surface area (Å²) in [6, 6.07) is 0. The van der Waals surface area contributed by atoms with Crippen LogP contribution in [0.3, 0.4) is 0 Å². The largest absolute Gasteiger partial charge is 0.353 e. The van der Waals surface area contributed by atoms with Gasteiger partial charge in [-0.3, -0.25) is 9.59 Å². The highest BCUT2D eigenvalue weighted by molar-refractivity contribution is 5.94. The molecule has 24 heavy (non-hydrogen) atoms. The molecule has 1 aliphatic heterocycles. The van der Waals surface area contributed by atoms with Gasteiger partial charge in [-0.25, -0.2) is 4.39 Å². The molecule has 6 rings (SSSR count). The Bertz CT molecular complexity index is 730. The second-order valence-corrected chi connectivity index (χ2v) is 9.60. The first-order valence-corrected chi connectivity index (χ1v) is 9.44. The molecule has 0 aromatic rings. The number of carbonyl (C=O) groups excluding carboxylic acids is 2. The summed E-state index contributed by atoms with van der Waals surface area (Å²) < 4.78 is 20.3. The smallest absolute Gasteiger partial charge is 0.173 e. The van der Waals surface area contributed by atoms with Crippen molar-refractivity contribution < 1.29 is 18.7 Å². The number of alkyl halides is 1. The SMILES string of the molecule is C[C@]12CC[C@H]3[C@@H](C=CC45OC4C(=O)[C@H]4CC4[C@]35C)[C@@H]1C[C@H](F)C2=O. The van der Waals surface area contributed by atoms with E-state index < -0.39 is 17.2 Å². The minimum absolute atomic E-state index is 0.0194. The molecule has 4 heteroatoms. The Morgan fingerprint density at radius 3 is 2.75 bits per heavy atom. The Kier molecular flexibility index (Phi) is 2.20. The van der Waals surface area contributed by atoms with E-state index in [0.29, 0.717) is 24.0 Å². The number of carbonyl (C=O) groups is 2. The second kappa shape index (κ2) is 3.72. The fourth-order valence-electron chi connectivity index (χ4n) is 7.54. The van der Waals surface area contributed by atoms with Gasteiger partial charge in [0.15, 0.2) is 23.8 Å². The quantitative estimate of drug-likeness (QED) is 0.507. The Labute approximate surface area is 141 Å². The van der Waals surface area contributed by atoms with Gasteiger partial charge in [-0.1, -0.05) is 26.0 Å². The van der Waals surface area contributed by atoms with Gasteiger partial charge in [0.05, 0.1) is 0 Å². The molecule has 0 aromatic carbocycles. The van der Waals surface area contributed by atoms with Crippen molar-refractivity contribution in [3.05, 3.63) is 12.2 Å². The number of halogens is 1. The van der Waals surface area contributed by atoms with Crippen LogP contribution in [-0.4, -0.2) is 29.4 Å². The summed E-state index contributed by atoms with van der Waals surface area (Å²) in [6.45, 7) is 4.30. The monoisotopic (exact) mass is 330 g/mol. The lowest BCUT2D eigenvalue weighted by Crippen LogP contribution is -2.57. The predicted molar refractivity (Wildman–Crippen MR) is 83.8 cm³/mol. The molecule has 1 spiro atoms. The van der Waals surface area contributed by atoms with Crippen molar-refractivity contribution in [2.75, 3.05) is 0 Å². The Morgan fingerprint density at radius 1 is 1.17 bits per heavy atom. The summed E-state index contributed by atoms with van der Waals surface area (Å²) in [4.78, 5) is 24.8. The molecule has 5 aliphatic carbocycles. The third kappa shape index (κ3) is 1.21. The standard InChI is InChI=1S/C20H23FO3/c1-18-5-4-11-9(12(18)8-14(21)16(18)23)3-6-20-17(24-20)15(22)10-7-13(10)19(11,20)2/h3,6,9-14,17H,4-5,7-8H2,1-2H3/t9-,10+,11+,12+,13?,14+,17?,18+,19+,20?/m1/s1. The summed E-state index contributed by atoms with van der Waals surface area (Å²) in [5.41, 5.74) is -0.911. The molecule has 0 amide bonds. The number of rotatable bonds is 0. The van der Waals surface area contributed by atoms with Crippen molar-refractivity contribution in [2.45, 2.75) is 57.4 Å². The van der Waals surface area contributed by atoms with Gasteiger partial charge in [0.2, 0.25) is 0 Å². The Balaban J connectivity index is 1.47. The van der Waals surface area contributed by atoms with Crippen LogP contribution in [0.25, 0.3) is 0 Å². The normalized spacial score (nSPS) is 65.4. The van der Waals surface area contributed by atoms with Crippen LogP contribution in [-0.2, 0) is 14.3 Å². The lowest BCUT2D eigenvalue weighted by molar-refractivity contribution is -0.135. The molecule has 0 N–H and O–H groups in total. The zero-order valence-electron chi connectivity index (χ0n) is 14.1. The number of ether oxygens (including phenoxy) is 1. The Hall–Kier alpha value is -1.03. The fraction of sp³-hybridized carbons (Fsp3) is 0.800. The zero-order valence-corrected chi connectivity index (χ0v) is 14.1. The van der Waals surface area contributed by atoms with Gasteiger partial charge in [0.25, 0.3) is 0 Å². The van der Waals surface area contributed by atoms with Crippen molar-refractivity contribution >= 4 is 11.6 Å². The van der Waals surface area contributed by atoms with Crippen LogP contribution in [0.5, 0.6) is 0 Å². The molecule has 3 nitrogen and oxygen atoms in total. The van der Waals surface area contributed by atoms with Crippen LogP contribution in [0, 0.1) is 40.4 Å². The molecule has 0 radical (unpaired) electrons. The zero-order chi connectivity index (χ0) is 16.6. The van der Waals surface area contributed by atoms with Crippen LogP contribution < -0.4 is 0 Å². The van der Waals surface area contributed by atoms with E-state index in [4.69, 9.17) is 4.74 Å². The van der Waals surface area contributed by atoms with Crippen molar-refractivity contribution in [1.29, 1.82) is 0 Å². The molecule has 5 fully saturated rings. The first-order chi connectivity index (χ1) is 11.3. The number of epoxide rings is 1. The number of hydrogen-bond acceptors (Lipinski definition) is 3. The van der Waals surface area contributed by atoms with Crippen molar-refractivity contribution in [2.24, 2.45) is 40.4 Å². The lowest BCUT2D eigenvalue weighted by Gasteiger charge is -2.56. The molecule has 1 saturated heterocycles. The number of ketones is 2. The van der Waals surface area contributed by atoms with Crippen LogP contribution in [0.2, 0.25) is 0 Å². The number of allylic oxidation sites excluding steroid dienone is 1. The third-order valence-electron chi connectivity index (χ3n) is 9.04. The summed E-state index contributed by atoms with van der Waals surface area (Å²) in [7, 11) is 0. The van der Waals surface area contributed by atoms with Gasteiger partial charge in [0.1, 0.15) is 5.60 Å². The van der Waals surface area contributed by atoms with E-state index in [-0.39, 0.29) is 35.1 Å². The lowest BCUT2D eigenvalue weighted by atomic mass is 9.46. The maximum atomic E-state index is 14.2. The van der Waals surface area contributed by atoms with Gasteiger partial charge < -0.3 is 4.74 Å². The van der Waals surface area contributed by atoms with E-state index in [0.717, 1.165) is 19.3 Å². The van der Waals surface area contributed by atoms with Gasteiger partial charge in [-0.05, 0) is 49.4 Å². The van der Waals surface area contributed by atoms with Crippen LogP contribution in [0.4, 0.5) is 4.39 Å². The second-order valence-electron chi connectivity index (χ2n) is 9.60. The molecule has 128 valence electrons. The summed E-state index contributed by atoms with van der Waals surface area (Å²) in [5, 5.41) is 0. The molecule has 10 atom stereocenters. The fourth-order valence-corrected chi connectivity index (χ4v) is 7.54. The van der Waals surface area contributed by atoms with E-state index in [2.05, 4.69) is 19.1 Å². The average molecular weight is 330 g/mol. The van der Waals surface area contributed by atoms with Gasteiger partial charge >= 0.3 is 0 Å². The molecule has 3 unspecified atom stereocenters. The van der Waals surface area contributed by atoms with Gasteiger partial charge in [-0.15, -0.1) is 0 Å². The van der Waals surface area contributed by atoms with E-state index in [1.54, 1.807) is 0 Å². The van der Waals surface area contributed by atoms with Crippen LogP contribution >= 0.6 is 0 Å². The minimum Gasteiger partial charge on any atom is -0.353 e. The molecule has 0 bridgehead atoms. The predicted octanol–water partition coefficient (Wildman–Crippen LogP) is 2.88. The average Bonchev–Trinajstić information content (AvgIpc) is 3.44. The van der Waals surface area contributed by atoms with E-state index >= 15 is 0 Å². The van der Waals surface area contributed by atoms with Gasteiger partial charge in [0, 0.05) is 16.7 Å². The first-order valence-electron chi connectivity index (χ1n) is 9.44. The molecular weight excluding hydrogens is 307 g/mol. The maximum Gasteiger partial charge on any atom is 0.173 e. The highest BCUT2D eigenvalue weighted by Crippen LogP contribution is 2.76. The molecular formula is C20H23FO3. The molecule has 0 aromatic heterocycles. The topological polar surface area (TPSA) is 46.7 Å². The van der Waals surface area contributed by atoms with Crippen molar-refractivity contribution in [1.82, 2.24) is 0 Å². The highest BCUT2D eigenvalue weighted by Gasteiger charge is 2.83. The van der Waals surface area contributed by atoms with Crippen LogP contribution in [0.15, 0.2) is 12.2 Å². The third-order valence-corrected chi connectivity index (χ3v) is 9.04. The van der Waals surface area contributed by atoms with Crippen molar-refractivity contribution in [3.8, 4) is 0 Å². The number of fused-ring (bicyclic) bond motifs is 6. The van der Waals surface area contributed by atoms with E-state index in [1.165, 1.54) is 0 Å². The summed E-state index contributed by atoms with van der Waals surface area (Å²) >= 11 is 0. The first kappa shape index (κ1) is 14.2. The highest BCUT2D eigenvalue weighted by atomic mass is 19.1. The summed E-state index contributed by atoms with van der Waals surface area (Å²) in [6.07, 6.45) is 5.91. The molecule has 6 aliphatic rings. The van der Waals surface area contributed by atoms with Crippen molar-refractivity contribution in [3.63, 3.8) is 0 Å². The maximum absolute atomic E-state index is 14.2. The van der Waals surface area contributed by atoms with E-state index in [1.807, 2.05) is 6.92 Å². The summed E-state index contributed by atoms with van der Waals surface area (Å²) in [5.74, 6) is 1.51. The van der Waals surface area contributed by atoms with Gasteiger partial charge in [-0.2, -0.15) is 0 Å².